The van der Waals surface area contributed by atoms with E-state index < -0.39 is 0 Å². The van der Waals surface area contributed by atoms with Crippen LogP contribution >= 0.6 is 0 Å². The topological polar surface area (TPSA) is 102 Å². The summed E-state index contributed by atoms with van der Waals surface area (Å²) < 4.78 is 7.19. The fourth-order valence-electron chi connectivity index (χ4n) is 3.00. The van der Waals surface area contributed by atoms with Crippen LogP contribution in [0.5, 0.6) is 6.01 Å². The van der Waals surface area contributed by atoms with Gasteiger partial charge in [-0.25, -0.2) is 4.79 Å². The first-order valence-corrected chi connectivity index (χ1v) is 9.30. The van der Waals surface area contributed by atoms with Crippen LogP contribution in [0.25, 0.3) is 11.2 Å². The van der Waals surface area contributed by atoms with Gasteiger partial charge in [0.25, 0.3) is 0 Å². The van der Waals surface area contributed by atoms with Crippen molar-refractivity contribution in [1.82, 2.24) is 24.4 Å². The molecule has 8 nitrogen and oxygen atoms in total. The van der Waals surface area contributed by atoms with Gasteiger partial charge in [-0.15, -0.1) is 0 Å². The Balaban J connectivity index is 1.63. The zero-order valence-electron chi connectivity index (χ0n) is 15.0. The summed E-state index contributed by atoms with van der Waals surface area (Å²) in [5.74, 6) is 0.255. The lowest BCUT2D eigenvalue weighted by Gasteiger charge is -2.30. The van der Waals surface area contributed by atoms with E-state index in [1.165, 1.54) is 25.9 Å². The van der Waals surface area contributed by atoms with E-state index in [4.69, 9.17) is 10.5 Å². The van der Waals surface area contributed by atoms with Crippen molar-refractivity contribution in [3.8, 4) is 6.01 Å². The molecule has 138 valence electrons. The molecule has 1 aliphatic rings. The number of H-pyrrole nitrogens is 1. The van der Waals surface area contributed by atoms with Crippen LogP contribution in [0.1, 0.15) is 45.4 Å². The van der Waals surface area contributed by atoms with Gasteiger partial charge in [-0.05, 0) is 45.3 Å². The lowest BCUT2D eigenvalue weighted by molar-refractivity contribution is 0.177. The monoisotopic (exact) mass is 348 g/mol. The van der Waals surface area contributed by atoms with E-state index in [0.717, 1.165) is 32.2 Å². The normalized spacial score (nSPS) is 14.8. The molecule has 0 unspecified atom stereocenters. The third-order valence-corrected chi connectivity index (χ3v) is 4.66. The van der Waals surface area contributed by atoms with Gasteiger partial charge in [0.05, 0.1) is 6.61 Å². The number of hydrogen-bond acceptors (Lipinski definition) is 6. The molecule has 3 N–H and O–H groups in total. The van der Waals surface area contributed by atoms with E-state index in [2.05, 4.69) is 26.8 Å². The molecule has 1 fully saturated rings. The van der Waals surface area contributed by atoms with Gasteiger partial charge in [-0.2, -0.15) is 9.97 Å². The van der Waals surface area contributed by atoms with Gasteiger partial charge in [0.15, 0.2) is 11.5 Å². The van der Waals surface area contributed by atoms with Gasteiger partial charge in [-0.3, -0.25) is 4.57 Å². The van der Waals surface area contributed by atoms with Crippen LogP contribution in [0.3, 0.4) is 0 Å². The molecule has 8 heteroatoms. The number of likely N-dealkylation sites (tertiary alicyclic amines) is 1. The van der Waals surface area contributed by atoms with E-state index in [9.17, 15) is 4.79 Å². The third kappa shape index (κ3) is 4.31. The highest BCUT2D eigenvalue weighted by Gasteiger charge is 2.15. The molecule has 0 aliphatic carbocycles. The Kier molecular flexibility index (Phi) is 5.91. The number of hydrogen-bond donors (Lipinski definition) is 2. The number of ether oxygens (including phenoxy) is 1. The number of nitrogens with zero attached hydrogens (tertiary/aromatic N) is 4. The molecule has 2 aromatic rings. The SMILES string of the molecule is CCCCOc1nc(N)c2[nH]c(=O)n(CCCCCN3CCC3)c2n1. The van der Waals surface area contributed by atoms with Crippen molar-refractivity contribution in [3.05, 3.63) is 10.5 Å². The van der Waals surface area contributed by atoms with E-state index >= 15 is 0 Å². The molecular formula is C17H28N6O2. The van der Waals surface area contributed by atoms with Gasteiger partial charge in [0, 0.05) is 6.54 Å². The number of aromatic amines is 1. The van der Waals surface area contributed by atoms with E-state index in [0.29, 0.717) is 24.3 Å². The van der Waals surface area contributed by atoms with Gasteiger partial charge in [0.2, 0.25) is 0 Å². The molecule has 0 saturated carbocycles. The number of aromatic nitrogens is 4. The molecule has 0 aromatic carbocycles. The second-order valence-corrected chi connectivity index (χ2v) is 6.63. The Morgan fingerprint density at radius 1 is 1.16 bits per heavy atom. The largest absolute Gasteiger partial charge is 0.463 e. The number of unbranched alkanes of at least 4 members (excludes halogenated alkanes) is 3. The average molecular weight is 348 g/mol. The van der Waals surface area contributed by atoms with Crippen LogP contribution in [0.15, 0.2) is 4.79 Å². The van der Waals surface area contributed by atoms with E-state index in [1.807, 2.05) is 0 Å². The Bertz CT molecular complexity index is 749. The zero-order valence-corrected chi connectivity index (χ0v) is 15.0. The van der Waals surface area contributed by atoms with Gasteiger partial charge < -0.3 is 20.4 Å². The molecule has 0 spiro atoms. The highest BCUT2D eigenvalue weighted by Crippen LogP contribution is 2.18. The van der Waals surface area contributed by atoms with E-state index in [-0.39, 0.29) is 17.5 Å². The number of rotatable bonds is 10. The number of fused-ring (bicyclic) bond motifs is 1. The standard InChI is InChI=1S/C17H28N6O2/c1-2-3-12-25-16-20-14(18)13-15(21-16)23(17(24)19-13)11-6-4-5-8-22-9-7-10-22/h2-12H2,1H3,(H,19,24)(H2,18,20,21). The van der Waals surface area contributed by atoms with E-state index in [1.54, 1.807) is 4.57 Å². The highest BCUT2D eigenvalue weighted by atomic mass is 16.5. The number of imidazole rings is 1. The summed E-state index contributed by atoms with van der Waals surface area (Å²) in [7, 11) is 0. The molecule has 3 heterocycles. The minimum Gasteiger partial charge on any atom is -0.463 e. The quantitative estimate of drug-likeness (QED) is 0.634. The van der Waals surface area contributed by atoms with Crippen LogP contribution in [0, 0.1) is 0 Å². The molecule has 0 radical (unpaired) electrons. The molecule has 1 saturated heterocycles. The number of nitrogen functional groups attached to an aromatic ring is 1. The minimum atomic E-state index is -0.190. The summed E-state index contributed by atoms with van der Waals surface area (Å²) in [4.78, 5) is 26.0. The van der Waals surface area contributed by atoms with Gasteiger partial charge in [0.1, 0.15) is 5.52 Å². The van der Waals surface area contributed by atoms with Crippen molar-refractivity contribution >= 4 is 17.0 Å². The second-order valence-electron chi connectivity index (χ2n) is 6.63. The first kappa shape index (κ1) is 17.7. The van der Waals surface area contributed by atoms with Crippen molar-refractivity contribution in [2.45, 2.75) is 52.0 Å². The lowest BCUT2D eigenvalue weighted by atomic mass is 10.1. The molecule has 25 heavy (non-hydrogen) atoms. The Hall–Kier alpha value is -2.09. The Morgan fingerprint density at radius 2 is 1.96 bits per heavy atom. The fraction of sp³-hybridized carbons (Fsp3) is 0.706. The maximum atomic E-state index is 12.2. The molecule has 3 rings (SSSR count). The van der Waals surface area contributed by atoms with Crippen molar-refractivity contribution in [3.63, 3.8) is 0 Å². The number of aryl methyl sites for hydroxylation is 1. The Labute approximate surface area is 147 Å². The molecule has 1 aliphatic heterocycles. The molecule has 0 bridgehead atoms. The van der Waals surface area contributed by atoms with Crippen molar-refractivity contribution in [2.24, 2.45) is 0 Å². The van der Waals surface area contributed by atoms with Crippen LogP contribution in [-0.4, -0.2) is 50.7 Å². The van der Waals surface area contributed by atoms with Crippen molar-refractivity contribution in [1.29, 1.82) is 0 Å². The molecule has 2 aromatic heterocycles. The average Bonchev–Trinajstić information content (AvgIpc) is 2.86. The first-order chi connectivity index (χ1) is 12.2. The van der Waals surface area contributed by atoms with Gasteiger partial charge in [-0.1, -0.05) is 19.8 Å². The van der Waals surface area contributed by atoms with Crippen LogP contribution in [0.2, 0.25) is 0 Å². The lowest BCUT2D eigenvalue weighted by Crippen LogP contribution is -2.37. The summed E-state index contributed by atoms with van der Waals surface area (Å²) >= 11 is 0. The Morgan fingerprint density at radius 3 is 2.68 bits per heavy atom. The maximum absolute atomic E-state index is 12.2. The number of nitrogens with one attached hydrogen (secondary N) is 1. The minimum absolute atomic E-state index is 0.190. The van der Waals surface area contributed by atoms with Crippen molar-refractivity contribution in [2.75, 3.05) is 32.0 Å². The smallest absolute Gasteiger partial charge is 0.327 e. The predicted molar refractivity (Wildman–Crippen MR) is 97.9 cm³/mol. The van der Waals surface area contributed by atoms with Gasteiger partial charge >= 0.3 is 11.7 Å². The zero-order chi connectivity index (χ0) is 17.6. The molecule has 0 atom stereocenters. The highest BCUT2D eigenvalue weighted by molar-refractivity contribution is 5.81. The summed E-state index contributed by atoms with van der Waals surface area (Å²) in [6, 6.07) is 0.240. The first-order valence-electron chi connectivity index (χ1n) is 9.30. The van der Waals surface area contributed by atoms with Crippen LogP contribution in [-0.2, 0) is 6.54 Å². The number of anilines is 1. The van der Waals surface area contributed by atoms with Crippen molar-refractivity contribution < 1.29 is 4.74 Å². The third-order valence-electron chi connectivity index (χ3n) is 4.66. The molecule has 0 amide bonds. The maximum Gasteiger partial charge on any atom is 0.327 e. The second kappa shape index (κ2) is 8.33. The summed E-state index contributed by atoms with van der Waals surface area (Å²) in [6.45, 7) is 6.90. The summed E-state index contributed by atoms with van der Waals surface area (Å²) in [5, 5.41) is 0. The fourth-order valence-corrected chi connectivity index (χ4v) is 3.00. The van der Waals surface area contributed by atoms with Crippen LogP contribution in [0.4, 0.5) is 5.82 Å². The number of nitrogens with two attached hydrogens (primary N) is 1. The molecular weight excluding hydrogens is 320 g/mol. The summed E-state index contributed by atoms with van der Waals surface area (Å²) in [6.07, 6.45) is 6.49. The predicted octanol–water partition coefficient (Wildman–Crippen LogP) is 1.76. The van der Waals surface area contributed by atoms with Crippen LogP contribution < -0.4 is 16.2 Å². The summed E-state index contributed by atoms with van der Waals surface area (Å²) in [5.41, 5.74) is 6.79.